The van der Waals surface area contributed by atoms with Gasteiger partial charge in [0.25, 0.3) is 0 Å². The Bertz CT molecular complexity index is 3980. The molecule has 344 valence electrons. The van der Waals surface area contributed by atoms with Gasteiger partial charge in [-0.25, -0.2) is 24.9 Å². The summed E-state index contributed by atoms with van der Waals surface area (Å²) in [6, 6.07) is 87.5. The second-order valence-electron chi connectivity index (χ2n) is 19.3. The van der Waals surface area contributed by atoms with Crippen molar-refractivity contribution in [1.82, 2.24) is 24.9 Å². The van der Waals surface area contributed by atoms with E-state index in [9.17, 15) is 0 Å². The molecule has 0 spiro atoms. The molecule has 0 unspecified atom stereocenters. The zero-order valence-electron chi connectivity index (χ0n) is 40.4. The molecule has 2 heterocycles. The molecular formula is C68H47N5. The van der Waals surface area contributed by atoms with Gasteiger partial charge in [0.15, 0.2) is 23.3 Å². The summed E-state index contributed by atoms with van der Waals surface area (Å²) in [5, 5.41) is 2.52. The number of fused-ring (bicyclic) bond motifs is 4. The fourth-order valence-corrected chi connectivity index (χ4v) is 10.4. The minimum atomic E-state index is -0.184. The predicted molar refractivity (Wildman–Crippen MR) is 299 cm³/mol. The smallest absolute Gasteiger partial charge is 0.164 e. The fraction of sp³-hybridized carbons (Fsp3) is 0.0441. The lowest BCUT2D eigenvalue weighted by molar-refractivity contribution is 0.661. The average Bonchev–Trinajstić information content (AvgIpc) is 3.69. The Morgan fingerprint density at radius 3 is 1.19 bits per heavy atom. The van der Waals surface area contributed by atoms with Gasteiger partial charge in [0, 0.05) is 38.8 Å². The third kappa shape index (κ3) is 8.27. The van der Waals surface area contributed by atoms with Crippen molar-refractivity contribution in [3.05, 3.63) is 260 Å². The van der Waals surface area contributed by atoms with E-state index < -0.39 is 0 Å². The molecule has 0 aliphatic heterocycles. The summed E-state index contributed by atoms with van der Waals surface area (Å²) in [7, 11) is 0. The molecule has 1 aliphatic carbocycles. The lowest BCUT2D eigenvalue weighted by atomic mass is 9.81. The predicted octanol–water partition coefficient (Wildman–Crippen LogP) is 17.1. The first kappa shape index (κ1) is 43.6. The molecule has 0 N–H and O–H groups in total. The molecule has 0 saturated heterocycles. The maximum Gasteiger partial charge on any atom is 0.164 e. The molecule has 0 fully saturated rings. The highest BCUT2D eigenvalue weighted by Crippen LogP contribution is 2.51. The summed E-state index contributed by atoms with van der Waals surface area (Å²) in [6.07, 6.45) is 0. The van der Waals surface area contributed by atoms with E-state index in [1.165, 1.54) is 33.0 Å². The minimum Gasteiger partial charge on any atom is -0.228 e. The molecule has 0 bridgehead atoms. The van der Waals surface area contributed by atoms with E-state index in [2.05, 4.69) is 202 Å². The standard InChI is InChI=1S/C68H47N5/c1-68(2)60-42-53(33-34-58(60)59-40-50-27-15-16-28-51(50)41-61(59)68)63-43-62(69-64(70-63)46-23-11-5-12-24-46)52-31-17-29-48(35-52)49-30-18-32-54(36-49)66-71-65(47-25-13-6-14-26-47)72-67(73-66)57-38-55(44-19-7-3-8-20-44)37-56(39-57)45-21-9-4-10-22-45/h3-43H,1-2H3. The highest BCUT2D eigenvalue weighted by atomic mass is 15.0. The summed E-state index contributed by atoms with van der Waals surface area (Å²) in [5.41, 5.74) is 19.0. The summed E-state index contributed by atoms with van der Waals surface area (Å²) >= 11 is 0. The minimum absolute atomic E-state index is 0.184. The third-order valence-corrected chi connectivity index (χ3v) is 14.3. The number of nitrogens with zero attached hydrogens (tertiary/aromatic N) is 5. The fourth-order valence-electron chi connectivity index (χ4n) is 10.4. The maximum atomic E-state index is 5.26. The maximum absolute atomic E-state index is 5.26. The van der Waals surface area contributed by atoms with Crippen molar-refractivity contribution in [2.45, 2.75) is 19.3 Å². The molecule has 0 saturated carbocycles. The zero-order chi connectivity index (χ0) is 48.9. The van der Waals surface area contributed by atoms with Crippen LogP contribution in [0.25, 0.3) is 123 Å². The summed E-state index contributed by atoms with van der Waals surface area (Å²) in [4.78, 5) is 26.1. The highest BCUT2D eigenvalue weighted by Gasteiger charge is 2.36. The number of benzene rings is 10. The first-order chi connectivity index (χ1) is 35.9. The van der Waals surface area contributed by atoms with Crippen LogP contribution in [0.3, 0.4) is 0 Å². The van der Waals surface area contributed by atoms with Crippen LogP contribution in [0.2, 0.25) is 0 Å². The van der Waals surface area contributed by atoms with E-state index in [-0.39, 0.29) is 5.41 Å². The summed E-state index contributed by atoms with van der Waals surface area (Å²) < 4.78 is 0. The average molecular weight is 934 g/mol. The molecule has 5 heteroatoms. The van der Waals surface area contributed by atoms with Crippen molar-refractivity contribution in [1.29, 1.82) is 0 Å². The van der Waals surface area contributed by atoms with Crippen LogP contribution in [0.15, 0.2) is 249 Å². The van der Waals surface area contributed by atoms with E-state index in [1.54, 1.807) is 0 Å². The van der Waals surface area contributed by atoms with Crippen molar-refractivity contribution in [2.24, 2.45) is 0 Å². The monoisotopic (exact) mass is 933 g/mol. The van der Waals surface area contributed by atoms with E-state index >= 15 is 0 Å². The molecule has 10 aromatic carbocycles. The second kappa shape index (κ2) is 18.1. The van der Waals surface area contributed by atoms with Crippen LogP contribution in [0.5, 0.6) is 0 Å². The number of rotatable bonds is 9. The molecule has 13 rings (SSSR count). The lowest BCUT2D eigenvalue weighted by Crippen LogP contribution is -2.15. The Kier molecular flexibility index (Phi) is 10.8. The Hall–Kier alpha value is -9.45. The first-order valence-corrected chi connectivity index (χ1v) is 24.8. The van der Waals surface area contributed by atoms with Crippen molar-refractivity contribution < 1.29 is 0 Å². The first-order valence-electron chi connectivity index (χ1n) is 24.8. The number of hydrogen-bond donors (Lipinski definition) is 0. The summed E-state index contributed by atoms with van der Waals surface area (Å²) in [5.74, 6) is 2.48. The molecule has 5 nitrogen and oxygen atoms in total. The molecule has 2 aromatic heterocycles. The van der Waals surface area contributed by atoms with E-state index in [0.717, 1.165) is 78.1 Å². The summed E-state index contributed by atoms with van der Waals surface area (Å²) in [6.45, 7) is 4.68. The number of hydrogen-bond acceptors (Lipinski definition) is 5. The van der Waals surface area contributed by atoms with E-state index in [0.29, 0.717) is 23.3 Å². The van der Waals surface area contributed by atoms with Crippen molar-refractivity contribution in [3.8, 4) is 113 Å². The van der Waals surface area contributed by atoms with Gasteiger partial charge in [0.2, 0.25) is 0 Å². The van der Waals surface area contributed by atoms with Crippen molar-refractivity contribution in [3.63, 3.8) is 0 Å². The van der Waals surface area contributed by atoms with Gasteiger partial charge in [-0.3, -0.25) is 0 Å². The second-order valence-corrected chi connectivity index (χ2v) is 19.3. The Labute approximate surface area is 425 Å². The van der Waals surface area contributed by atoms with E-state index in [1.807, 2.05) is 60.7 Å². The molecule has 0 radical (unpaired) electrons. The molecule has 1 aliphatic rings. The third-order valence-electron chi connectivity index (χ3n) is 14.3. The topological polar surface area (TPSA) is 64.5 Å². The molecule has 0 amide bonds. The molecule has 12 aromatic rings. The largest absolute Gasteiger partial charge is 0.228 e. The van der Waals surface area contributed by atoms with Crippen molar-refractivity contribution in [2.75, 3.05) is 0 Å². The quantitative estimate of drug-likeness (QED) is 0.144. The van der Waals surface area contributed by atoms with Crippen LogP contribution < -0.4 is 0 Å². The van der Waals surface area contributed by atoms with Gasteiger partial charge in [-0.1, -0.05) is 208 Å². The molecule has 73 heavy (non-hydrogen) atoms. The lowest BCUT2D eigenvalue weighted by Gasteiger charge is -2.22. The van der Waals surface area contributed by atoms with Gasteiger partial charge in [-0.05, 0) is 121 Å². The van der Waals surface area contributed by atoms with Crippen LogP contribution in [-0.4, -0.2) is 24.9 Å². The van der Waals surface area contributed by atoms with Gasteiger partial charge < -0.3 is 0 Å². The van der Waals surface area contributed by atoms with Gasteiger partial charge in [-0.2, -0.15) is 0 Å². The SMILES string of the molecule is CC1(C)c2cc(-c3cc(-c4cccc(-c5cccc(-c6nc(-c7ccccc7)nc(-c7cc(-c8ccccc8)cc(-c8ccccc8)c7)n6)c5)c4)nc(-c4ccccc4)n3)ccc2-c2cc3ccccc3cc21. The Balaban J connectivity index is 0.897. The van der Waals surface area contributed by atoms with Crippen LogP contribution in [0.1, 0.15) is 25.0 Å². The normalized spacial score (nSPS) is 12.4. The Morgan fingerprint density at radius 1 is 0.233 bits per heavy atom. The van der Waals surface area contributed by atoms with E-state index in [4.69, 9.17) is 24.9 Å². The van der Waals surface area contributed by atoms with Crippen LogP contribution in [-0.2, 0) is 5.41 Å². The van der Waals surface area contributed by atoms with Gasteiger partial charge in [0.1, 0.15) is 0 Å². The zero-order valence-corrected chi connectivity index (χ0v) is 40.4. The van der Waals surface area contributed by atoms with Gasteiger partial charge >= 0.3 is 0 Å². The van der Waals surface area contributed by atoms with Crippen LogP contribution in [0.4, 0.5) is 0 Å². The van der Waals surface area contributed by atoms with Crippen LogP contribution in [0, 0.1) is 0 Å². The highest BCUT2D eigenvalue weighted by molar-refractivity contribution is 5.94. The Morgan fingerprint density at radius 2 is 0.616 bits per heavy atom. The van der Waals surface area contributed by atoms with Crippen LogP contribution >= 0.6 is 0 Å². The number of aromatic nitrogens is 5. The van der Waals surface area contributed by atoms with Crippen molar-refractivity contribution >= 4 is 10.8 Å². The molecule has 0 atom stereocenters. The molecular weight excluding hydrogens is 887 g/mol. The van der Waals surface area contributed by atoms with Gasteiger partial charge in [0.05, 0.1) is 11.4 Å². The van der Waals surface area contributed by atoms with Gasteiger partial charge in [-0.15, -0.1) is 0 Å².